The van der Waals surface area contributed by atoms with Crippen molar-refractivity contribution >= 4 is 11.8 Å². The molecule has 1 aromatic rings. The van der Waals surface area contributed by atoms with Gasteiger partial charge in [-0.05, 0) is 33.6 Å². The van der Waals surface area contributed by atoms with Crippen molar-refractivity contribution in [2.24, 2.45) is 0 Å². The predicted molar refractivity (Wildman–Crippen MR) is 93.1 cm³/mol. The summed E-state index contributed by atoms with van der Waals surface area (Å²) in [7, 11) is 0. The molecule has 1 saturated carbocycles. The molecule has 23 heavy (non-hydrogen) atoms. The lowest BCUT2D eigenvalue weighted by atomic mass is 10.1. The first-order valence-electron chi connectivity index (χ1n) is 8.71. The number of morpholine rings is 1. The average molecular weight is 319 g/mol. The molecule has 1 aliphatic carbocycles. The summed E-state index contributed by atoms with van der Waals surface area (Å²) >= 11 is 0. The van der Waals surface area contributed by atoms with Gasteiger partial charge in [0.25, 0.3) is 0 Å². The van der Waals surface area contributed by atoms with E-state index >= 15 is 0 Å². The first kappa shape index (κ1) is 16.5. The monoisotopic (exact) mass is 319 g/mol. The minimum Gasteiger partial charge on any atom is -0.379 e. The summed E-state index contributed by atoms with van der Waals surface area (Å²) < 4.78 is 5.38. The van der Waals surface area contributed by atoms with Crippen molar-refractivity contribution in [3.63, 3.8) is 0 Å². The van der Waals surface area contributed by atoms with Crippen molar-refractivity contribution in [2.45, 2.75) is 45.1 Å². The Balaban J connectivity index is 1.60. The van der Waals surface area contributed by atoms with Crippen LogP contribution in [0.5, 0.6) is 0 Å². The quantitative estimate of drug-likeness (QED) is 0.839. The van der Waals surface area contributed by atoms with Gasteiger partial charge in [-0.15, -0.1) is 0 Å². The second-order valence-electron chi connectivity index (χ2n) is 7.53. The zero-order valence-corrected chi connectivity index (χ0v) is 14.6. The normalized spacial score (nSPS) is 19.6. The third kappa shape index (κ3) is 5.32. The largest absolute Gasteiger partial charge is 0.379 e. The third-order valence-corrected chi connectivity index (χ3v) is 4.07. The second-order valence-corrected chi connectivity index (χ2v) is 7.53. The molecule has 0 atom stereocenters. The lowest BCUT2D eigenvalue weighted by Crippen LogP contribution is -2.39. The van der Waals surface area contributed by atoms with Crippen LogP contribution in [-0.2, 0) is 4.74 Å². The number of ether oxygens (including phenoxy) is 1. The number of anilines is 2. The van der Waals surface area contributed by atoms with Gasteiger partial charge in [-0.2, -0.15) is 4.98 Å². The van der Waals surface area contributed by atoms with Crippen molar-refractivity contribution < 1.29 is 4.74 Å². The molecule has 0 unspecified atom stereocenters. The maximum absolute atomic E-state index is 5.38. The highest BCUT2D eigenvalue weighted by Gasteiger charge is 2.26. The highest BCUT2D eigenvalue weighted by atomic mass is 16.5. The maximum atomic E-state index is 5.38. The minimum absolute atomic E-state index is 0.0345. The zero-order valence-electron chi connectivity index (χ0n) is 14.6. The number of hydrogen-bond acceptors (Lipinski definition) is 6. The van der Waals surface area contributed by atoms with Crippen LogP contribution in [0.25, 0.3) is 0 Å². The highest BCUT2D eigenvalue weighted by molar-refractivity contribution is 5.44. The Morgan fingerprint density at radius 1 is 1.22 bits per heavy atom. The number of aromatic nitrogens is 2. The Hall–Kier alpha value is -1.40. The Morgan fingerprint density at radius 2 is 1.96 bits per heavy atom. The van der Waals surface area contributed by atoms with E-state index in [0.29, 0.717) is 5.92 Å². The molecule has 0 amide bonds. The highest BCUT2D eigenvalue weighted by Crippen LogP contribution is 2.40. The zero-order chi connectivity index (χ0) is 16.3. The Labute approximate surface area is 139 Å². The lowest BCUT2D eigenvalue weighted by Gasteiger charge is -2.26. The van der Waals surface area contributed by atoms with Gasteiger partial charge in [-0.25, -0.2) is 4.98 Å². The van der Waals surface area contributed by atoms with Crippen LogP contribution in [0, 0.1) is 0 Å². The van der Waals surface area contributed by atoms with Crippen molar-refractivity contribution in [2.75, 3.05) is 50.0 Å². The van der Waals surface area contributed by atoms with Crippen molar-refractivity contribution in [1.82, 2.24) is 14.9 Å². The molecule has 1 saturated heterocycles. The first-order valence-corrected chi connectivity index (χ1v) is 8.71. The smallest absolute Gasteiger partial charge is 0.225 e. The molecule has 0 aromatic carbocycles. The van der Waals surface area contributed by atoms with Crippen LogP contribution in [0.1, 0.15) is 45.2 Å². The Kier molecular flexibility index (Phi) is 5.02. The molecule has 2 aliphatic rings. The fourth-order valence-corrected chi connectivity index (χ4v) is 2.70. The molecule has 128 valence electrons. The number of hydrogen-bond donors (Lipinski definition) is 2. The molecule has 1 aliphatic heterocycles. The SMILES string of the molecule is CC(C)(C)Nc1nc(NCCN2CCOCC2)cc(C2CC2)n1. The van der Waals surface area contributed by atoms with Crippen molar-refractivity contribution in [3.05, 3.63) is 11.8 Å². The van der Waals surface area contributed by atoms with Crippen LogP contribution < -0.4 is 10.6 Å². The van der Waals surface area contributed by atoms with Gasteiger partial charge in [-0.1, -0.05) is 0 Å². The van der Waals surface area contributed by atoms with Crippen LogP contribution in [0.15, 0.2) is 6.07 Å². The summed E-state index contributed by atoms with van der Waals surface area (Å²) in [5.41, 5.74) is 1.13. The summed E-state index contributed by atoms with van der Waals surface area (Å²) in [4.78, 5) is 11.7. The molecule has 2 N–H and O–H groups in total. The molecule has 2 heterocycles. The van der Waals surface area contributed by atoms with Crippen LogP contribution in [0.4, 0.5) is 11.8 Å². The molecule has 6 nitrogen and oxygen atoms in total. The van der Waals surface area contributed by atoms with E-state index in [-0.39, 0.29) is 5.54 Å². The second kappa shape index (κ2) is 7.01. The lowest BCUT2D eigenvalue weighted by molar-refractivity contribution is 0.0398. The number of nitrogens with zero attached hydrogens (tertiary/aromatic N) is 3. The first-order chi connectivity index (χ1) is 11.0. The van der Waals surface area contributed by atoms with Crippen LogP contribution in [0.3, 0.4) is 0 Å². The summed E-state index contributed by atoms with van der Waals surface area (Å²) in [5.74, 6) is 2.29. The molecule has 6 heteroatoms. The van der Waals surface area contributed by atoms with Crippen LogP contribution in [0.2, 0.25) is 0 Å². The minimum atomic E-state index is -0.0345. The fourth-order valence-electron chi connectivity index (χ4n) is 2.70. The van der Waals surface area contributed by atoms with E-state index in [1.165, 1.54) is 18.5 Å². The van der Waals surface area contributed by atoms with Gasteiger partial charge in [0.2, 0.25) is 5.95 Å². The fraction of sp³-hybridized carbons (Fsp3) is 0.765. The van der Waals surface area contributed by atoms with E-state index in [0.717, 1.165) is 51.2 Å². The van der Waals surface area contributed by atoms with Gasteiger partial charge in [0.15, 0.2) is 0 Å². The molecular formula is C17H29N5O. The van der Waals surface area contributed by atoms with E-state index in [1.54, 1.807) is 0 Å². The van der Waals surface area contributed by atoms with Gasteiger partial charge in [0.1, 0.15) is 5.82 Å². The Bertz CT molecular complexity index is 518. The molecule has 0 bridgehead atoms. The van der Waals surface area contributed by atoms with E-state index in [1.807, 2.05) is 0 Å². The maximum Gasteiger partial charge on any atom is 0.225 e. The van der Waals surface area contributed by atoms with Crippen molar-refractivity contribution in [1.29, 1.82) is 0 Å². The summed E-state index contributed by atoms with van der Waals surface area (Å²) in [6.45, 7) is 12.1. The standard InChI is InChI=1S/C17H29N5O/c1-17(2,3)21-16-19-14(13-4-5-13)12-15(20-16)18-6-7-22-8-10-23-11-9-22/h12-13H,4-11H2,1-3H3,(H2,18,19,20,21). The van der Waals surface area contributed by atoms with Gasteiger partial charge in [-0.3, -0.25) is 4.90 Å². The van der Waals surface area contributed by atoms with Gasteiger partial charge >= 0.3 is 0 Å². The molecule has 3 rings (SSSR count). The molecule has 0 spiro atoms. The average Bonchev–Trinajstić information content (AvgIpc) is 3.31. The van der Waals surface area contributed by atoms with Crippen LogP contribution >= 0.6 is 0 Å². The summed E-state index contributed by atoms with van der Waals surface area (Å²) in [6.07, 6.45) is 2.50. The van der Waals surface area contributed by atoms with E-state index in [2.05, 4.69) is 52.3 Å². The number of nitrogens with one attached hydrogen (secondary N) is 2. The van der Waals surface area contributed by atoms with Gasteiger partial charge in [0.05, 0.1) is 18.9 Å². The molecular weight excluding hydrogens is 290 g/mol. The van der Waals surface area contributed by atoms with Crippen molar-refractivity contribution in [3.8, 4) is 0 Å². The number of rotatable bonds is 6. The van der Waals surface area contributed by atoms with Crippen LogP contribution in [-0.4, -0.2) is 59.8 Å². The summed E-state index contributed by atoms with van der Waals surface area (Å²) in [6, 6.07) is 2.12. The molecule has 0 radical (unpaired) electrons. The molecule has 2 fully saturated rings. The predicted octanol–water partition coefficient (Wildman–Crippen LogP) is 2.31. The van der Waals surface area contributed by atoms with E-state index in [9.17, 15) is 0 Å². The summed E-state index contributed by atoms with van der Waals surface area (Å²) in [5, 5.41) is 6.86. The van der Waals surface area contributed by atoms with Gasteiger partial charge < -0.3 is 15.4 Å². The Morgan fingerprint density at radius 3 is 2.61 bits per heavy atom. The van der Waals surface area contributed by atoms with E-state index < -0.39 is 0 Å². The third-order valence-electron chi connectivity index (χ3n) is 4.07. The molecule has 1 aromatic heterocycles. The van der Waals surface area contributed by atoms with E-state index in [4.69, 9.17) is 4.74 Å². The van der Waals surface area contributed by atoms with Gasteiger partial charge in [0, 0.05) is 43.7 Å². The topological polar surface area (TPSA) is 62.3 Å².